The van der Waals surface area contributed by atoms with Gasteiger partial charge in [0, 0.05) is 24.5 Å². The maximum absolute atomic E-state index is 12.6. The first-order valence-electron chi connectivity index (χ1n) is 8.02. The van der Waals surface area contributed by atoms with Gasteiger partial charge in [0.1, 0.15) is 11.2 Å². The number of pyridine rings is 1. The summed E-state index contributed by atoms with van der Waals surface area (Å²) in [4.78, 5) is 29.3. The lowest BCUT2D eigenvalue weighted by Crippen LogP contribution is -2.31. The number of aryl methyl sites for hydroxylation is 1. The molecule has 0 unspecified atom stereocenters. The van der Waals surface area contributed by atoms with E-state index in [1.54, 1.807) is 31.5 Å². The Labute approximate surface area is 150 Å². The van der Waals surface area contributed by atoms with E-state index in [1.165, 1.54) is 17.7 Å². The molecule has 0 aliphatic carbocycles. The molecule has 0 aliphatic rings. The van der Waals surface area contributed by atoms with Crippen molar-refractivity contribution in [1.29, 1.82) is 0 Å². The molecule has 2 aromatic heterocycles. The smallest absolute Gasteiger partial charge is 0.270 e. The second kappa shape index (κ2) is 7.26. The molecular weight excluding hydrogens is 334 g/mol. The molecule has 2 heterocycles. The first-order chi connectivity index (χ1) is 12.6. The normalized spacial score (nSPS) is 10.6. The SMILES string of the molecule is COc1cccc(CNC(=O)c2cnc3c(C)cccn3c2=O)c1OC. The van der Waals surface area contributed by atoms with Crippen LogP contribution in [0.2, 0.25) is 0 Å². The topological polar surface area (TPSA) is 81.9 Å². The molecule has 0 bridgehead atoms. The van der Waals surface area contributed by atoms with Gasteiger partial charge in [-0.15, -0.1) is 0 Å². The van der Waals surface area contributed by atoms with Gasteiger partial charge in [0.05, 0.1) is 14.2 Å². The molecule has 1 N–H and O–H groups in total. The first-order valence-corrected chi connectivity index (χ1v) is 8.02. The minimum atomic E-state index is -0.497. The number of hydrogen-bond acceptors (Lipinski definition) is 5. The Bertz CT molecular complexity index is 1030. The number of hydrogen-bond donors (Lipinski definition) is 1. The van der Waals surface area contributed by atoms with Crippen molar-refractivity contribution >= 4 is 11.6 Å². The lowest BCUT2D eigenvalue weighted by molar-refractivity contribution is 0.0948. The first kappa shape index (κ1) is 17.5. The molecule has 0 radical (unpaired) electrons. The molecule has 0 fully saturated rings. The van der Waals surface area contributed by atoms with Crippen molar-refractivity contribution < 1.29 is 14.3 Å². The van der Waals surface area contributed by atoms with Crippen LogP contribution < -0.4 is 20.3 Å². The number of benzene rings is 1. The molecule has 134 valence electrons. The van der Waals surface area contributed by atoms with Crippen LogP contribution in [0.3, 0.4) is 0 Å². The number of nitrogens with zero attached hydrogens (tertiary/aromatic N) is 2. The summed E-state index contributed by atoms with van der Waals surface area (Å²) in [5, 5.41) is 2.73. The van der Waals surface area contributed by atoms with Gasteiger partial charge in [-0.2, -0.15) is 0 Å². The molecule has 0 spiro atoms. The van der Waals surface area contributed by atoms with Gasteiger partial charge in [0.25, 0.3) is 11.5 Å². The Morgan fingerprint density at radius 1 is 1.19 bits per heavy atom. The van der Waals surface area contributed by atoms with E-state index in [4.69, 9.17) is 9.47 Å². The van der Waals surface area contributed by atoms with Crippen molar-refractivity contribution in [3.05, 3.63) is 69.8 Å². The molecule has 0 saturated carbocycles. The molecule has 7 nitrogen and oxygen atoms in total. The number of carbonyl (C=O) groups is 1. The summed E-state index contributed by atoms with van der Waals surface area (Å²) in [6.07, 6.45) is 2.91. The Morgan fingerprint density at radius 2 is 2.00 bits per heavy atom. The zero-order valence-electron chi connectivity index (χ0n) is 14.8. The zero-order valence-corrected chi connectivity index (χ0v) is 14.8. The Kier molecular flexibility index (Phi) is 4.88. The number of rotatable bonds is 5. The van der Waals surface area contributed by atoms with E-state index >= 15 is 0 Å². The van der Waals surface area contributed by atoms with Crippen LogP contribution in [-0.2, 0) is 6.54 Å². The van der Waals surface area contributed by atoms with Gasteiger partial charge >= 0.3 is 0 Å². The van der Waals surface area contributed by atoms with Crippen molar-refractivity contribution in [3.8, 4) is 11.5 Å². The number of amides is 1. The van der Waals surface area contributed by atoms with Gasteiger partial charge in [0.2, 0.25) is 0 Å². The number of aromatic nitrogens is 2. The molecule has 7 heteroatoms. The summed E-state index contributed by atoms with van der Waals surface area (Å²) in [7, 11) is 3.08. The van der Waals surface area contributed by atoms with Crippen molar-refractivity contribution in [2.24, 2.45) is 0 Å². The molecule has 0 saturated heterocycles. The van der Waals surface area contributed by atoms with E-state index in [-0.39, 0.29) is 12.1 Å². The summed E-state index contributed by atoms with van der Waals surface area (Å²) in [5.74, 6) is 0.615. The van der Waals surface area contributed by atoms with Crippen molar-refractivity contribution in [2.45, 2.75) is 13.5 Å². The average Bonchev–Trinajstić information content (AvgIpc) is 2.66. The number of nitrogens with one attached hydrogen (secondary N) is 1. The van der Waals surface area contributed by atoms with Crippen LogP contribution in [0, 0.1) is 6.92 Å². The van der Waals surface area contributed by atoms with E-state index in [1.807, 2.05) is 19.1 Å². The van der Waals surface area contributed by atoms with E-state index in [2.05, 4.69) is 10.3 Å². The predicted molar refractivity (Wildman–Crippen MR) is 96.9 cm³/mol. The molecule has 3 aromatic rings. The fourth-order valence-corrected chi connectivity index (χ4v) is 2.77. The minimum absolute atomic E-state index is 0.0186. The van der Waals surface area contributed by atoms with Gasteiger partial charge in [-0.25, -0.2) is 4.98 Å². The average molecular weight is 353 g/mol. The second-order valence-corrected chi connectivity index (χ2v) is 5.70. The zero-order chi connectivity index (χ0) is 18.7. The van der Waals surface area contributed by atoms with Crippen molar-refractivity contribution in [1.82, 2.24) is 14.7 Å². The molecule has 0 atom stereocenters. The molecule has 1 amide bonds. The number of para-hydroxylation sites is 1. The highest BCUT2D eigenvalue weighted by molar-refractivity contribution is 5.93. The molecule has 0 aliphatic heterocycles. The lowest BCUT2D eigenvalue weighted by atomic mass is 10.1. The standard InChI is InChI=1S/C19H19N3O4/c1-12-6-5-9-22-17(12)20-11-14(19(22)24)18(23)21-10-13-7-4-8-15(25-2)16(13)26-3/h4-9,11H,10H2,1-3H3,(H,21,23). The van der Waals surface area contributed by atoms with Crippen LogP contribution in [0.1, 0.15) is 21.5 Å². The van der Waals surface area contributed by atoms with E-state index < -0.39 is 11.5 Å². The highest BCUT2D eigenvalue weighted by atomic mass is 16.5. The number of ether oxygens (including phenoxy) is 2. The van der Waals surface area contributed by atoms with E-state index in [0.29, 0.717) is 17.1 Å². The van der Waals surface area contributed by atoms with Crippen molar-refractivity contribution in [2.75, 3.05) is 14.2 Å². The van der Waals surface area contributed by atoms with Crippen molar-refractivity contribution in [3.63, 3.8) is 0 Å². The highest BCUT2D eigenvalue weighted by Gasteiger charge is 2.15. The number of methoxy groups -OCH3 is 2. The van der Waals surface area contributed by atoms with E-state index in [9.17, 15) is 9.59 Å². The fraction of sp³-hybridized carbons (Fsp3) is 0.211. The van der Waals surface area contributed by atoms with E-state index in [0.717, 1.165) is 11.1 Å². The van der Waals surface area contributed by atoms with Crippen LogP contribution in [0.4, 0.5) is 0 Å². The molecular formula is C19H19N3O4. The highest BCUT2D eigenvalue weighted by Crippen LogP contribution is 2.30. The third-order valence-electron chi connectivity index (χ3n) is 4.10. The van der Waals surface area contributed by atoms with Gasteiger partial charge in [0.15, 0.2) is 11.5 Å². The summed E-state index contributed by atoms with van der Waals surface area (Å²) >= 11 is 0. The third-order valence-corrected chi connectivity index (χ3v) is 4.10. The van der Waals surface area contributed by atoms with Crippen LogP contribution in [0.5, 0.6) is 11.5 Å². The largest absolute Gasteiger partial charge is 0.493 e. The van der Waals surface area contributed by atoms with Crippen LogP contribution in [0.15, 0.2) is 47.5 Å². The quantitative estimate of drug-likeness (QED) is 0.758. The molecule has 3 rings (SSSR count). The maximum Gasteiger partial charge on any atom is 0.270 e. The summed E-state index contributed by atoms with van der Waals surface area (Å²) in [6.45, 7) is 2.05. The van der Waals surface area contributed by atoms with Gasteiger partial charge in [-0.1, -0.05) is 18.2 Å². The summed E-state index contributed by atoms with van der Waals surface area (Å²) < 4.78 is 12.0. The van der Waals surface area contributed by atoms with Gasteiger partial charge in [-0.3, -0.25) is 14.0 Å². The van der Waals surface area contributed by atoms with Crippen LogP contribution in [0.25, 0.3) is 5.65 Å². The van der Waals surface area contributed by atoms with Crippen LogP contribution in [-0.4, -0.2) is 29.5 Å². The Hall–Kier alpha value is -3.35. The molecule has 26 heavy (non-hydrogen) atoms. The summed E-state index contributed by atoms with van der Waals surface area (Å²) in [6, 6.07) is 8.99. The minimum Gasteiger partial charge on any atom is -0.493 e. The maximum atomic E-state index is 12.6. The number of fused-ring (bicyclic) bond motifs is 1. The predicted octanol–water partition coefficient (Wildman–Crippen LogP) is 1.95. The van der Waals surface area contributed by atoms with Gasteiger partial charge in [-0.05, 0) is 24.6 Å². The fourth-order valence-electron chi connectivity index (χ4n) is 2.77. The molecule has 1 aromatic carbocycles. The van der Waals surface area contributed by atoms with Gasteiger partial charge < -0.3 is 14.8 Å². The lowest BCUT2D eigenvalue weighted by Gasteiger charge is -2.13. The summed E-state index contributed by atoms with van der Waals surface area (Å²) in [5.41, 5.74) is 1.70. The Balaban J connectivity index is 1.87. The van der Waals surface area contributed by atoms with Crippen LogP contribution >= 0.6 is 0 Å². The number of carbonyl (C=O) groups excluding carboxylic acids is 1. The monoisotopic (exact) mass is 353 g/mol. The third kappa shape index (κ3) is 3.11. The Morgan fingerprint density at radius 3 is 2.73 bits per heavy atom. The second-order valence-electron chi connectivity index (χ2n) is 5.70.